The molecule has 9 N–H and O–H groups in total. The number of amides is 7. The van der Waals surface area contributed by atoms with Gasteiger partial charge in [0.15, 0.2) is 17.3 Å². The molecule has 4 aromatic rings. The van der Waals surface area contributed by atoms with Crippen molar-refractivity contribution in [3.63, 3.8) is 0 Å². The summed E-state index contributed by atoms with van der Waals surface area (Å²) in [5.41, 5.74) is 21.6. The average molecular weight is 1350 g/mol. The summed E-state index contributed by atoms with van der Waals surface area (Å²) in [6, 6.07) is 26.4. The Labute approximate surface area is 566 Å². The number of hydrogen-bond acceptors (Lipinski definition) is 15. The molecule has 4 aromatic carbocycles. The minimum atomic E-state index is -4.62. The molecule has 1 heterocycles. The van der Waals surface area contributed by atoms with Gasteiger partial charge in [-0.3, -0.25) is 38.4 Å². The quantitative estimate of drug-likeness (QED) is 0.0193. The van der Waals surface area contributed by atoms with Crippen molar-refractivity contribution in [2.45, 2.75) is 93.0 Å². The van der Waals surface area contributed by atoms with Crippen molar-refractivity contribution in [3.05, 3.63) is 160 Å². The topological polar surface area (TPSA) is 294 Å². The molecule has 4 atom stereocenters. The lowest BCUT2D eigenvalue weighted by molar-refractivity contribution is -0.142. The van der Waals surface area contributed by atoms with E-state index in [1.165, 1.54) is 38.6 Å². The normalized spacial score (nSPS) is 13.6. The van der Waals surface area contributed by atoms with Crippen molar-refractivity contribution in [2.24, 2.45) is 40.9 Å². The highest BCUT2D eigenvalue weighted by Gasteiger charge is 2.32. The number of phenolic OH excluding ortho intramolecular Hbond substituents is 1. The fourth-order valence-electron chi connectivity index (χ4n) is 11.0. The largest absolute Gasteiger partial charge is 0.508 e. The lowest BCUT2D eigenvalue weighted by Gasteiger charge is -2.28. The fraction of sp³-hybridized carbons (Fsp3) is 0.465. The number of ether oxygens (including phenoxy) is 2. The average Bonchev–Trinajstić information content (AvgIpc) is 1.35. The second-order valence-corrected chi connectivity index (χ2v) is 25.3. The van der Waals surface area contributed by atoms with Crippen molar-refractivity contribution in [1.29, 1.82) is 0 Å². The predicted octanol–water partition coefficient (Wildman–Crippen LogP) is 7.00. The maximum Gasteiger partial charge on any atom is 0.416 e. The summed E-state index contributed by atoms with van der Waals surface area (Å²) in [4.78, 5) is 116. The van der Waals surface area contributed by atoms with Crippen LogP contribution in [0.15, 0.2) is 132 Å². The number of nitrogens with two attached hydrogens (primary N) is 3. The van der Waals surface area contributed by atoms with Gasteiger partial charge in [0.1, 0.15) is 5.75 Å². The standard InChI is InChI=1S/C71H95F3N10O11S/c1-48(37-78-38-55-12-9-8-10-13-55)32-51(4)69(92)83(42-57-19-24-62-63(35-57)95-47-94-62)40-50(3)34-52(5)68(91)82(29-25-54-17-22-60(85)23-18-54)39-49(2)33-53(6)70(93)84(41-56-15-20-59(21-16-56)71(72,73)74)44-64(87)79-28-11-14-65(88)81(31-27-76)45-66(89)80(30-26-75)43-61(86)36-58(46-96-7)67(77)90/h8-10,12-13,15-24,32-35,51-53,58,78,85H,11,14,25-31,36-47,75-76H2,1-7H3,(H2,77,90)(H,79,87)/b48-32+,49-33+,50-34+/t51-,52-,53-,58?/m1/s1. The van der Waals surface area contributed by atoms with Crippen LogP contribution in [0.1, 0.15) is 88.6 Å². The van der Waals surface area contributed by atoms with Crippen LogP contribution in [0.25, 0.3) is 0 Å². The number of ketones is 1. The Bertz CT molecular complexity index is 3330. The van der Waals surface area contributed by atoms with E-state index >= 15 is 0 Å². The van der Waals surface area contributed by atoms with Crippen LogP contribution in [0, 0.1) is 23.7 Å². The van der Waals surface area contributed by atoms with Gasteiger partial charge in [-0.1, -0.05) is 116 Å². The zero-order valence-corrected chi connectivity index (χ0v) is 57.0. The third kappa shape index (κ3) is 26.6. The number of phenols is 1. The molecular weight excluding hydrogens is 1260 g/mol. The molecule has 0 fully saturated rings. The van der Waals surface area contributed by atoms with Crippen molar-refractivity contribution in [2.75, 3.05) is 97.3 Å². The van der Waals surface area contributed by atoms with Gasteiger partial charge in [-0.15, -0.1) is 0 Å². The maximum atomic E-state index is 14.8. The first kappa shape index (κ1) is 78.2. The van der Waals surface area contributed by atoms with E-state index in [1.54, 1.807) is 67.2 Å². The number of carbonyl (C=O) groups is 8. The molecule has 5 rings (SSSR count). The number of halogens is 3. The number of carbonyl (C=O) groups excluding carboxylic acids is 8. The number of rotatable bonds is 40. The smallest absolute Gasteiger partial charge is 0.416 e. The van der Waals surface area contributed by atoms with Gasteiger partial charge < -0.3 is 66.9 Å². The van der Waals surface area contributed by atoms with Crippen molar-refractivity contribution in [1.82, 2.24) is 35.1 Å². The van der Waals surface area contributed by atoms with Gasteiger partial charge in [0.2, 0.25) is 48.1 Å². The van der Waals surface area contributed by atoms with E-state index in [0.29, 0.717) is 47.9 Å². The molecule has 0 radical (unpaired) electrons. The first-order valence-electron chi connectivity index (χ1n) is 32.2. The van der Waals surface area contributed by atoms with E-state index in [-0.39, 0.29) is 116 Å². The van der Waals surface area contributed by atoms with Crippen LogP contribution in [-0.4, -0.2) is 174 Å². The van der Waals surface area contributed by atoms with Gasteiger partial charge in [0, 0.05) is 97.1 Å². The van der Waals surface area contributed by atoms with Gasteiger partial charge >= 0.3 is 6.18 Å². The zero-order valence-electron chi connectivity index (χ0n) is 56.2. The summed E-state index contributed by atoms with van der Waals surface area (Å²) >= 11 is 1.35. The van der Waals surface area contributed by atoms with Gasteiger partial charge in [-0.05, 0) is 98.5 Å². The fourth-order valence-corrected chi connectivity index (χ4v) is 11.7. The third-order valence-electron chi connectivity index (χ3n) is 15.9. The molecule has 1 unspecified atom stereocenters. The number of hydrogen-bond donors (Lipinski definition) is 6. The number of nitrogens with one attached hydrogen (secondary N) is 2. The first-order chi connectivity index (χ1) is 45.7. The van der Waals surface area contributed by atoms with Gasteiger partial charge in [-0.25, -0.2) is 0 Å². The monoisotopic (exact) mass is 1350 g/mol. The number of alkyl halides is 3. The van der Waals surface area contributed by atoms with Crippen LogP contribution in [0.2, 0.25) is 0 Å². The highest BCUT2D eigenvalue weighted by Crippen LogP contribution is 2.34. The highest BCUT2D eigenvalue weighted by molar-refractivity contribution is 7.98. The molecule has 1 aliphatic heterocycles. The molecule has 522 valence electrons. The second kappa shape index (κ2) is 39.5. The lowest BCUT2D eigenvalue weighted by atomic mass is 10.0. The lowest BCUT2D eigenvalue weighted by Crippen LogP contribution is -2.47. The minimum Gasteiger partial charge on any atom is -0.508 e. The Morgan fingerprint density at radius 2 is 1.17 bits per heavy atom. The Kier molecular flexibility index (Phi) is 32.2. The van der Waals surface area contributed by atoms with E-state index in [4.69, 9.17) is 26.7 Å². The van der Waals surface area contributed by atoms with Gasteiger partial charge in [0.05, 0.1) is 48.9 Å². The Morgan fingerprint density at radius 1 is 0.625 bits per heavy atom. The molecule has 1 aliphatic rings. The van der Waals surface area contributed by atoms with Crippen LogP contribution < -0.4 is 37.3 Å². The van der Waals surface area contributed by atoms with Crippen LogP contribution >= 0.6 is 11.8 Å². The summed E-state index contributed by atoms with van der Waals surface area (Å²) in [5.74, 6) is -4.84. The molecule has 7 amide bonds. The number of thioether (sulfide) groups is 1. The summed E-state index contributed by atoms with van der Waals surface area (Å²) in [5, 5.41) is 16.2. The first-order valence-corrected chi connectivity index (χ1v) is 33.5. The number of aromatic hydroxyl groups is 1. The number of nitrogens with zero attached hydrogens (tertiary/aromatic N) is 5. The molecule has 0 saturated carbocycles. The Hall–Kier alpha value is -8.52. The van der Waals surface area contributed by atoms with E-state index in [2.05, 4.69) is 10.6 Å². The van der Waals surface area contributed by atoms with E-state index in [1.807, 2.05) is 81.5 Å². The Balaban J connectivity index is 1.30. The molecule has 0 aliphatic carbocycles. The molecule has 0 saturated heterocycles. The van der Waals surface area contributed by atoms with E-state index in [9.17, 15) is 56.6 Å². The van der Waals surface area contributed by atoms with E-state index in [0.717, 1.165) is 40.0 Å². The molecular formula is C71H95F3N10O11S. The van der Waals surface area contributed by atoms with Crippen LogP contribution in [0.4, 0.5) is 13.2 Å². The molecule has 0 bridgehead atoms. The van der Waals surface area contributed by atoms with Crippen LogP contribution in [-0.2, 0) is 70.6 Å². The second-order valence-electron chi connectivity index (χ2n) is 24.4. The summed E-state index contributed by atoms with van der Waals surface area (Å²) in [7, 11) is 0. The van der Waals surface area contributed by atoms with Crippen molar-refractivity contribution >= 4 is 58.9 Å². The number of fused-ring (bicyclic) bond motifs is 1. The molecule has 25 heteroatoms. The molecule has 0 aromatic heterocycles. The number of primary amides is 1. The molecule has 0 spiro atoms. The maximum absolute atomic E-state index is 14.8. The van der Waals surface area contributed by atoms with Crippen LogP contribution in [0.5, 0.6) is 17.2 Å². The number of benzene rings is 4. The minimum absolute atomic E-state index is 0.00142. The summed E-state index contributed by atoms with van der Waals surface area (Å²) in [6.45, 7) is 11.4. The zero-order chi connectivity index (χ0) is 70.5. The van der Waals surface area contributed by atoms with Gasteiger partial charge in [-0.2, -0.15) is 24.9 Å². The van der Waals surface area contributed by atoms with Crippen molar-refractivity contribution in [3.8, 4) is 17.2 Å². The predicted molar refractivity (Wildman–Crippen MR) is 364 cm³/mol. The molecule has 21 nitrogen and oxygen atoms in total. The highest BCUT2D eigenvalue weighted by atomic mass is 32.2. The van der Waals surface area contributed by atoms with E-state index < -0.39 is 83.8 Å². The summed E-state index contributed by atoms with van der Waals surface area (Å²) < 4.78 is 52.1. The number of Topliss-reactive ketones (excluding diaryl/α,β-unsaturated/α-hetero) is 1. The summed E-state index contributed by atoms with van der Waals surface area (Å²) in [6.07, 6.45) is 2.82. The van der Waals surface area contributed by atoms with Crippen LogP contribution in [0.3, 0.4) is 0 Å². The van der Waals surface area contributed by atoms with Gasteiger partial charge in [0.25, 0.3) is 0 Å². The van der Waals surface area contributed by atoms with Crippen molar-refractivity contribution < 1.29 is 66.1 Å². The third-order valence-corrected chi connectivity index (χ3v) is 16.6. The SMILES string of the molecule is CSCC(CC(=O)CN(CCN)C(=O)CN(CCN)C(=O)CCCNC(=O)CN(Cc1ccc(C(F)(F)F)cc1)C(=O)[C@H](C)/C=C(\C)CN(CCc1ccc(O)cc1)C(=O)[C@H](C)/C=C(\C)CN(Cc1ccc2c(c1)OCO2)C(=O)[C@H](C)/C=C(\C)CNCc1ccccc1)C(N)=O. The Morgan fingerprint density at radius 3 is 1.76 bits per heavy atom. The molecule has 96 heavy (non-hydrogen) atoms.